The number of hydrogen-bond acceptors (Lipinski definition) is 7. The van der Waals surface area contributed by atoms with Crippen molar-refractivity contribution in [3.63, 3.8) is 0 Å². The smallest absolute Gasteiger partial charge is 0.305 e. The van der Waals surface area contributed by atoms with Gasteiger partial charge in [-0.2, -0.15) is 5.10 Å². The average molecular weight is 430 g/mol. The van der Waals surface area contributed by atoms with Crippen LogP contribution in [0.4, 0.5) is 0 Å². The van der Waals surface area contributed by atoms with E-state index in [9.17, 15) is 4.79 Å². The summed E-state index contributed by atoms with van der Waals surface area (Å²) < 4.78 is 16.0. The Morgan fingerprint density at radius 1 is 1.17 bits per heavy atom. The molecular formula is C22H27N3O4S. The van der Waals surface area contributed by atoms with Crippen LogP contribution in [0.15, 0.2) is 58.7 Å². The lowest BCUT2D eigenvalue weighted by Gasteiger charge is -2.11. The zero-order chi connectivity index (χ0) is 21.6. The molecular weight excluding hydrogens is 402 g/mol. The number of methoxy groups -OCH3 is 1. The van der Waals surface area contributed by atoms with Gasteiger partial charge in [0.15, 0.2) is 16.7 Å². The molecule has 0 saturated carbocycles. The van der Waals surface area contributed by atoms with Crippen molar-refractivity contribution in [2.45, 2.75) is 25.5 Å². The molecule has 2 aromatic rings. The van der Waals surface area contributed by atoms with Crippen molar-refractivity contribution in [2.24, 2.45) is 15.9 Å². The van der Waals surface area contributed by atoms with E-state index in [1.54, 1.807) is 32.4 Å². The van der Waals surface area contributed by atoms with Crippen molar-refractivity contribution < 1.29 is 19.0 Å². The largest absolute Gasteiger partial charge is 0.493 e. The highest BCUT2D eigenvalue weighted by molar-refractivity contribution is 8.13. The fourth-order valence-corrected chi connectivity index (χ4v) is 3.04. The van der Waals surface area contributed by atoms with Crippen molar-refractivity contribution in [1.29, 1.82) is 0 Å². The van der Waals surface area contributed by atoms with E-state index in [1.165, 1.54) is 17.3 Å². The number of carbonyl (C=O) groups excluding carboxylic acids is 1. The van der Waals surface area contributed by atoms with Gasteiger partial charge in [0.1, 0.15) is 0 Å². The minimum absolute atomic E-state index is 0.227. The van der Waals surface area contributed by atoms with E-state index >= 15 is 0 Å². The number of nitrogens with zero attached hydrogens (tertiary/aromatic N) is 2. The molecule has 0 spiro atoms. The number of ether oxygens (including phenoxy) is 3. The van der Waals surface area contributed by atoms with Gasteiger partial charge in [0.2, 0.25) is 0 Å². The van der Waals surface area contributed by atoms with E-state index < -0.39 is 0 Å². The summed E-state index contributed by atoms with van der Waals surface area (Å²) in [5, 5.41) is 8.46. The molecule has 2 N–H and O–H groups in total. The summed E-state index contributed by atoms with van der Waals surface area (Å²) in [5.41, 5.74) is 7.87. The molecule has 30 heavy (non-hydrogen) atoms. The molecule has 0 radical (unpaired) electrons. The Hall–Kier alpha value is -3.00. The molecule has 0 fully saturated rings. The normalized spacial score (nSPS) is 11.5. The van der Waals surface area contributed by atoms with Crippen LogP contribution in [0.5, 0.6) is 11.5 Å². The van der Waals surface area contributed by atoms with E-state index in [4.69, 9.17) is 19.9 Å². The Labute approximate surface area is 181 Å². The van der Waals surface area contributed by atoms with E-state index in [0.717, 1.165) is 11.3 Å². The molecule has 7 nitrogen and oxygen atoms in total. The number of benzene rings is 2. The Morgan fingerprint density at radius 3 is 2.70 bits per heavy atom. The van der Waals surface area contributed by atoms with Gasteiger partial charge in [0.25, 0.3) is 0 Å². The monoisotopic (exact) mass is 429 g/mol. The van der Waals surface area contributed by atoms with Crippen LogP contribution in [0.25, 0.3) is 0 Å². The van der Waals surface area contributed by atoms with E-state index in [1.807, 2.05) is 36.4 Å². The predicted molar refractivity (Wildman–Crippen MR) is 121 cm³/mol. The molecule has 0 atom stereocenters. The fraction of sp³-hybridized carbons (Fsp3) is 0.318. The second-order valence-electron chi connectivity index (χ2n) is 6.12. The number of carbonyl (C=O) groups is 1. The summed E-state index contributed by atoms with van der Waals surface area (Å²) in [5.74, 6) is 1.68. The van der Waals surface area contributed by atoms with Gasteiger partial charge in [0, 0.05) is 12.2 Å². The summed E-state index contributed by atoms with van der Waals surface area (Å²) >= 11 is 1.42. The molecule has 0 heterocycles. The molecule has 160 valence electrons. The molecule has 0 aromatic heterocycles. The molecule has 0 amide bonds. The first kappa shape index (κ1) is 23.3. The highest BCUT2D eigenvalue weighted by atomic mass is 32.2. The number of nitrogens with two attached hydrogens (primary N) is 1. The molecule has 0 unspecified atom stereocenters. The maximum Gasteiger partial charge on any atom is 0.305 e. The van der Waals surface area contributed by atoms with Gasteiger partial charge in [-0.15, -0.1) is 5.10 Å². The van der Waals surface area contributed by atoms with Crippen LogP contribution >= 0.6 is 11.8 Å². The second kappa shape index (κ2) is 13.3. The summed E-state index contributed by atoms with van der Waals surface area (Å²) in [6.45, 7) is 2.54. The highest BCUT2D eigenvalue weighted by Gasteiger charge is 2.07. The maximum absolute atomic E-state index is 11.4. The molecule has 0 aliphatic rings. The number of esters is 1. The lowest BCUT2D eigenvalue weighted by Crippen LogP contribution is -2.07. The van der Waals surface area contributed by atoms with Crippen LogP contribution in [0.3, 0.4) is 0 Å². The first-order valence-electron chi connectivity index (χ1n) is 9.62. The van der Waals surface area contributed by atoms with Gasteiger partial charge < -0.3 is 19.9 Å². The number of amidine groups is 1. The molecule has 0 aliphatic carbocycles. The van der Waals surface area contributed by atoms with Crippen LogP contribution in [-0.2, 0) is 15.3 Å². The van der Waals surface area contributed by atoms with E-state index in [-0.39, 0.29) is 5.97 Å². The Morgan fingerprint density at radius 2 is 1.97 bits per heavy atom. The Kier molecular flexibility index (Phi) is 10.3. The highest BCUT2D eigenvalue weighted by Crippen LogP contribution is 2.27. The molecule has 0 aliphatic heterocycles. The van der Waals surface area contributed by atoms with Crippen molar-refractivity contribution >= 4 is 29.1 Å². The number of hydrogen-bond donors (Lipinski definition) is 1. The van der Waals surface area contributed by atoms with Crippen LogP contribution < -0.4 is 15.2 Å². The Bertz CT molecular complexity index is 857. The minimum atomic E-state index is -0.227. The lowest BCUT2D eigenvalue weighted by atomic mass is 10.2. The van der Waals surface area contributed by atoms with Crippen LogP contribution in [0, 0.1) is 0 Å². The zero-order valence-electron chi connectivity index (χ0n) is 17.2. The third-order valence-electron chi connectivity index (χ3n) is 3.87. The fourth-order valence-electron chi connectivity index (χ4n) is 2.43. The first-order valence-corrected chi connectivity index (χ1v) is 10.6. The third kappa shape index (κ3) is 8.57. The SMILES string of the molecule is CCOC(=O)CCCOc1cc(C=NN=C(N)SCc2ccccc2)ccc1OC. The quantitative estimate of drug-likeness (QED) is 0.191. The van der Waals surface area contributed by atoms with E-state index in [0.29, 0.717) is 42.7 Å². The first-order chi connectivity index (χ1) is 14.6. The zero-order valence-corrected chi connectivity index (χ0v) is 18.1. The summed E-state index contributed by atoms with van der Waals surface area (Å²) in [4.78, 5) is 11.4. The van der Waals surface area contributed by atoms with Gasteiger partial charge in [-0.3, -0.25) is 4.79 Å². The van der Waals surface area contributed by atoms with Gasteiger partial charge in [-0.25, -0.2) is 0 Å². The molecule has 8 heteroatoms. The van der Waals surface area contributed by atoms with Gasteiger partial charge in [-0.05, 0) is 42.7 Å². The standard InChI is InChI=1S/C22H27N3O4S/c1-3-28-21(26)10-7-13-29-20-14-18(11-12-19(20)27-2)15-24-25-22(23)30-16-17-8-5-4-6-9-17/h4-6,8-9,11-12,14-15H,3,7,10,13,16H2,1-2H3,(H2,23,25). The summed E-state index contributed by atoms with van der Waals surface area (Å²) in [7, 11) is 1.57. The van der Waals surface area contributed by atoms with Crippen molar-refractivity contribution in [3.8, 4) is 11.5 Å². The summed E-state index contributed by atoms with van der Waals surface area (Å²) in [6.07, 6.45) is 2.46. The third-order valence-corrected chi connectivity index (χ3v) is 4.72. The molecule has 2 aromatic carbocycles. The van der Waals surface area contributed by atoms with Gasteiger partial charge >= 0.3 is 5.97 Å². The van der Waals surface area contributed by atoms with E-state index in [2.05, 4.69) is 10.2 Å². The minimum Gasteiger partial charge on any atom is -0.493 e. The van der Waals surface area contributed by atoms with Crippen LogP contribution in [0.2, 0.25) is 0 Å². The lowest BCUT2D eigenvalue weighted by molar-refractivity contribution is -0.143. The van der Waals surface area contributed by atoms with Crippen LogP contribution in [0.1, 0.15) is 30.9 Å². The molecule has 2 rings (SSSR count). The van der Waals surface area contributed by atoms with Gasteiger partial charge in [0.05, 0.1) is 26.5 Å². The molecule has 0 saturated heterocycles. The average Bonchev–Trinajstić information content (AvgIpc) is 2.76. The van der Waals surface area contributed by atoms with Gasteiger partial charge in [-0.1, -0.05) is 42.1 Å². The van der Waals surface area contributed by atoms with Crippen molar-refractivity contribution in [2.75, 3.05) is 20.3 Å². The Balaban J connectivity index is 1.88. The topological polar surface area (TPSA) is 95.5 Å². The maximum atomic E-state index is 11.4. The van der Waals surface area contributed by atoms with Crippen molar-refractivity contribution in [3.05, 3.63) is 59.7 Å². The second-order valence-corrected chi connectivity index (χ2v) is 7.12. The summed E-state index contributed by atoms with van der Waals surface area (Å²) in [6, 6.07) is 15.5. The number of rotatable bonds is 11. The number of thioether (sulfide) groups is 1. The molecule has 0 bridgehead atoms. The van der Waals surface area contributed by atoms with Crippen LogP contribution in [-0.4, -0.2) is 37.7 Å². The predicted octanol–water partition coefficient (Wildman–Crippen LogP) is 4.00. The van der Waals surface area contributed by atoms with Crippen molar-refractivity contribution in [1.82, 2.24) is 0 Å².